The number of amides is 1. The normalized spacial score (nSPS) is 9.73. The Morgan fingerprint density at radius 3 is 2.67 bits per heavy atom. The largest absolute Gasteiger partial charge is 0.383 e. The molecule has 0 fully saturated rings. The summed E-state index contributed by atoms with van der Waals surface area (Å²) >= 11 is 0. The van der Waals surface area contributed by atoms with E-state index in [1.165, 1.54) is 19.0 Å². The number of nitro groups is 1. The van der Waals surface area contributed by atoms with Gasteiger partial charge in [0.2, 0.25) is 0 Å². The molecule has 80 valence electrons. The van der Waals surface area contributed by atoms with Crippen LogP contribution < -0.4 is 5.73 Å². The van der Waals surface area contributed by atoms with Crippen LogP contribution in [-0.2, 0) is 0 Å². The maximum absolute atomic E-state index is 11.5. The summed E-state index contributed by atoms with van der Waals surface area (Å²) in [6.07, 6.45) is 1.02. The highest BCUT2D eigenvalue weighted by molar-refractivity contribution is 5.98. The molecule has 0 saturated heterocycles. The highest BCUT2D eigenvalue weighted by Crippen LogP contribution is 2.17. The summed E-state index contributed by atoms with van der Waals surface area (Å²) in [4.78, 5) is 26.2. The first-order valence-electron chi connectivity index (χ1n) is 4.05. The van der Waals surface area contributed by atoms with E-state index in [0.717, 1.165) is 12.3 Å². The number of carbonyl (C=O) groups is 1. The molecule has 0 bridgehead atoms. The minimum absolute atomic E-state index is 0.0145. The van der Waals surface area contributed by atoms with Crippen LogP contribution in [0.15, 0.2) is 12.3 Å². The van der Waals surface area contributed by atoms with Crippen LogP contribution in [-0.4, -0.2) is 34.8 Å². The maximum atomic E-state index is 11.5. The van der Waals surface area contributed by atoms with Crippen molar-refractivity contribution in [3.05, 3.63) is 27.9 Å². The molecule has 1 amide bonds. The number of rotatable bonds is 2. The molecule has 0 aromatic carbocycles. The SMILES string of the molecule is CN(C)C(=O)c1cc([N+](=O)[O-])cnc1N. The highest BCUT2D eigenvalue weighted by atomic mass is 16.6. The molecule has 0 radical (unpaired) electrons. The number of nitrogen functional groups attached to an aromatic ring is 1. The molecule has 0 atom stereocenters. The van der Waals surface area contributed by atoms with Crippen LogP contribution >= 0.6 is 0 Å². The van der Waals surface area contributed by atoms with Gasteiger partial charge in [-0.05, 0) is 0 Å². The number of nitrogens with zero attached hydrogens (tertiary/aromatic N) is 3. The fraction of sp³-hybridized carbons (Fsp3) is 0.250. The molecule has 0 aliphatic heterocycles. The fourth-order valence-electron chi connectivity index (χ4n) is 0.976. The lowest BCUT2D eigenvalue weighted by molar-refractivity contribution is -0.385. The molecule has 7 nitrogen and oxygen atoms in total. The molecule has 0 aliphatic rings. The van der Waals surface area contributed by atoms with Gasteiger partial charge in [0.15, 0.2) is 0 Å². The maximum Gasteiger partial charge on any atom is 0.288 e. The summed E-state index contributed by atoms with van der Waals surface area (Å²) in [5.41, 5.74) is 5.23. The van der Waals surface area contributed by atoms with Crippen LogP contribution in [0.3, 0.4) is 0 Å². The molecule has 0 aliphatic carbocycles. The van der Waals surface area contributed by atoms with Crippen molar-refractivity contribution < 1.29 is 9.72 Å². The Morgan fingerprint density at radius 1 is 1.60 bits per heavy atom. The first kappa shape index (κ1) is 10.9. The lowest BCUT2D eigenvalue weighted by Crippen LogP contribution is -2.23. The second-order valence-electron chi connectivity index (χ2n) is 3.08. The third-order valence-electron chi connectivity index (χ3n) is 1.75. The van der Waals surface area contributed by atoms with Gasteiger partial charge in [-0.25, -0.2) is 4.98 Å². The highest BCUT2D eigenvalue weighted by Gasteiger charge is 2.17. The van der Waals surface area contributed by atoms with E-state index < -0.39 is 10.8 Å². The van der Waals surface area contributed by atoms with Crippen molar-refractivity contribution in [1.82, 2.24) is 9.88 Å². The van der Waals surface area contributed by atoms with Crippen molar-refractivity contribution in [2.75, 3.05) is 19.8 Å². The zero-order valence-electron chi connectivity index (χ0n) is 8.30. The average Bonchev–Trinajstić information content (AvgIpc) is 2.16. The van der Waals surface area contributed by atoms with Crippen molar-refractivity contribution in [1.29, 1.82) is 0 Å². The molecule has 0 saturated carbocycles. The number of nitrogens with two attached hydrogens (primary N) is 1. The van der Waals surface area contributed by atoms with E-state index in [4.69, 9.17) is 5.73 Å². The molecule has 0 spiro atoms. The molecule has 1 rings (SSSR count). The number of anilines is 1. The van der Waals surface area contributed by atoms with Crippen LogP contribution in [0.1, 0.15) is 10.4 Å². The zero-order chi connectivity index (χ0) is 11.6. The smallest absolute Gasteiger partial charge is 0.288 e. The van der Waals surface area contributed by atoms with Crippen molar-refractivity contribution in [2.45, 2.75) is 0 Å². The standard InChI is InChI=1S/C8H10N4O3/c1-11(2)8(13)6-3-5(12(14)15)4-10-7(6)9/h3-4H,1-2H3,(H2,9,10). The molecule has 15 heavy (non-hydrogen) atoms. The topological polar surface area (TPSA) is 102 Å². The summed E-state index contributed by atoms with van der Waals surface area (Å²) in [5.74, 6) is -0.428. The van der Waals surface area contributed by atoms with Gasteiger partial charge in [0.25, 0.3) is 11.6 Å². The molecule has 1 aromatic heterocycles. The number of hydrogen-bond donors (Lipinski definition) is 1. The van der Waals surface area contributed by atoms with Gasteiger partial charge in [-0.15, -0.1) is 0 Å². The lowest BCUT2D eigenvalue weighted by atomic mass is 10.2. The first-order chi connectivity index (χ1) is 6.93. The van der Waals surface area contributed by atoms with E-state index in [2.05, 4.69) is 4.98 Å². The van der Waals surface area contributed by atoms with Crippen LogP contribution in [0, 0.1) is 10.1 Å². The summed E-state index contributed by atoms with van der Waals surface area (Å²) in [7, 11) is 3.06. The predicted molar refractivity (Wildman–Crippen MR) is 53.3 cm³/mol. The van der Waals surface area contributed by atoms with E-state index >= 15 is 0 Å². The van der Waals surface area contributed by atoms with E-state index in [1.807, 2.05) is 0 Å². The van der Waals surface area contributed by atoms with E-state index in [9.17, 15) is 14.9 Å². The number of aromatic nitrogens is 1. The van der Waals surface area contributed by atoms with Crippen LogP contribution in [0.25, 0.3) is 0 Å². The van der Waals surface area contributed by atoms with Crippen molar-refractivity contribution in [3.63, 3.8) is 0 Å². The summed E-state index contributed by atoms with van der Waals surface area (Å²) in [5, 5.41) is 10.5. The predicted octanol–water partition coefficient (Wildman–Crippen LogP) is 0.274. The summed E-state index contributed by atoms with van der Waals surface area (Å²) in [6.45, 7) is 0. The molecule has 0 unspecified atom stereocenters. The Labute approximate surface area is 85.7 Å². The number of carbonyl (C=O) groups excluding carboxylic acids is 1. The van der Waals surface area contributed by atoms with Gasteiger partial charge < -0.3 is 10.6 Å². The van der Waals surface area contributed by atoms with E-state index in [-0.39, 0.29) is 17.1 Å². The summed E-state index contributed by atoms with van der Waals surface area (Å²) in [6, 6.07) is 1.12. The van der Waals surface area contributed by atoms with Crippen molar-refractivity contribution >= 4 is 17.4 Å². The van der Waals surface area contributed by atoms with Crippen LogP contribution in [0.5, 0.6) is 0 Å². The van der Waals surface area contributed by atoms with Crippen LogP contribution in [0.2, 0.25) is 0 Å². The van der Waals surface area contributed by atoms with Crippen molar-refractivity contribution in [2.24, 2.45) is 0 Å². The van der Waals surface area contributed by atoms with Gasteiger partial charge in [-0.1, -0.05) is 0 Å². The van der Waals surface area contributed by atoms with Gasteiger partial charge in [0.05, 0.1) is 10.5 Å². The quantitative estimate of drug-likeness (QED) is 0.557. The van der Waals surface area contributed by atoms with Gasteiger partial charge >= 0.3 is 0 Å². The molecular formula is C8H10N4O3. The van der Waals surface area contributed by atoms with Gasteiger partial charge in [0, 0.05) is 20.2 Å². The van der Waals surface area contributed by atoms with Crippen molar-refractivity contribution in [3.8, 4) is 0 Å². The monoisotopic (exact) mass is 210 g/mol. The molecular weight excluding hydrogens is 200 g/mol. The number of pyridine rings is 1. The minimum Gasteiger partial charge on any atom is -0.383 e. The Bertz CT molecular complexity index is 416. The summed E-state index contributed by atoms with van der Waals surface area (Å²) < 4.78 is 0. The average molecular weight is 210 g/mol. The molecule has 2 N–H and O–H groups in total. The van der Waals surface area contributed by atoms with Gasteiger partial charge in [-0.3, -0.25) is 14.9 Å². The Kier molecular flexibility index (Phi) is 2.84. The van der Waals surface area contributed by atoms with Gasteiger partial charge in [0.1, 0.15) is 12.0 Å². The number of hydrogen-bond acceptors (Lipinski definition) is 5. The van der Waals surface area contributed by atoms with E-state index in [1.54, 1.807) is 0 Å². The Hall–Kier alpha value is -2.18. The van der Waals surface area contributed by atoms with E-state index in [0.29, 0.717) is 0 Å². The molecule has 1 heterocycles. The third kappa shape index (κ3) is 2.19. The Morgan fingerprint density at radius 2 is 2.20 bits per heavy atom. The zero-order valence-corrected chi connectivity index (χ0v) is 8.30. The third-order valence-corrected chi connectivity index (χ3v) is 1.75. The fourth-order valence-corrected chi connectivity index (χ4v) is 0.976. The second kappa shape index (κ2) is 3.91. The van der Waals surface area contributed by atoms with Crippen LogP contribution in [0.4, 0.5) is 11.5 Å². The Balaban J connectivity index is 3.22. The molecule has 1 aromatic rings. The minimum atomic E-state index is -0.626. The first-order valence-corrected chi connectivity index (χ1v) is 4.05. The second-order valence-corrected chi connectivity index (χ2v) is 3.08. The molecule has 7 heteroatoms. The van der Waals surface area contributed by atoms with Gasteiger partial charge in [-0.2, -0.15) is 0 Å². The lowest BCUT2D eigenvalue weighted by Gasteiger charge is -2.10.